The molecule has 0 aliphatic heterocycles. The molecule has 0 spiro atoms. The molecule has 1 aromatic rings. The third-order valence-corrected chi connectivity index (χ3v) is 1.69. The molecule has 1 heterocycles. The number of hydrogen-bond acceptors (Lipinski definition) is 5. The summed E-state index contributed by atoms with van der Waals surface area (Å²) in [5, 5.41) is 19.2. The van der Waals surface area contributed by atoms with Crippen LogP contribution in [0.3, 0.4) is 0 Å². The van der Waals surface area contributed by atoms with E-state index in [2.05, 4.69) is 10.3 Å². The summed E-state index contributed by atoms with van der Waals surface area (Å²) >= 11 is 0. The van der Waals surface area contributed by atoms with E-state index >= 15 is 0 Å². The molecule has 0 fully saturated rings. The molecule has 7 nitrogen and oxygen atoms in total. The van der Waals surface area contributed by atoms with Crippen molar-refractivity contribution >= 4 is 11.9 Å². The Hall–Kier alpha value is -2.62. The smallest absolute Gasteiger partial charge is 0.337 e. The third-order valence-electron chi connectivity index (χ3n) is 1.69. The number of amides is 1. The van der Waals surface area contributed by atoms with E-state index in [-0.39, 0.29) is 24.5 Å². The fraction of sp³-hybridized carbons (Fsp3) is 0.200. The summed E-state index contributed by atoms with van der Waals surface area (Å²) in [5.74, 6) is -1.42. The molecule has 1 rings (SSSR count). The number of pyridine rings is 1. The topological polar surface area (TPSA) is 112 Å². The van der Waals surface area contributed by atoms with E-state index < -0.39 is 11.9 Å². The SMILES string of the molecule is N#CCNC(=O)COc1cncc(C(=O)O)c1. The second kappa shape index (κ2) is 6.07. The lowest BCUT2D eigenvalue weighted by molar-refractivity contribution is -0.122. The van der Waals surface area contributed by atoms with Gasteiger partial charge in [-0.05, 0) is 6.07 Å². The highest BCUT2D eigenvalue weighted by Crippen LogP contribution is 2.10. The Labute approximate surface area is 96.6 Å². The number of carbonyl (C=O) groups excluding carboxylic acids is 1. The Morgan fingerprint density at radius 1 is 1.53 bits per heavy atom. The van der Waals surface area contributed by atoms with Crippen LogP contribution in [0, 0.1) is 11.3 Å². The van der Waals surface area contributed by atoms with Gasteiger partial charge in [0, 0.05) is 6.20 Å². The van der Waals surface area contributed by atoms with E-state index in [9.17, 15) is 9.59 Å². The van der Waals surface area contributed by atoms with E-state index in [4.69, 9.17) is 15.1 Å². The molecule has 17 heavy (non-hydrogen) atoms. The average Bonchev–Trinajstić information content (AvgIpc) is 2.34. The summed E-state index contributed by atoms with van der Waals surface area (Å²) in [6.07, 6.45) is 2.47. The van der Waals surface area contributed by atoms with Crippen LogP contribution >= 0.6 is 0 Å². The normalized spacial score (nSPS) is 9.12. The molecule has 0 aromatic carbocycles. The summed E-state index contributed by atoms with van der Waals surface area (Å²) in [5.41, 5.74) is -0.0278. The van der Waals surface area contributed by atoms with Gasteiger partial charge in [-0.2, -0.15) is 5.26 Å². The third kappa shape index (κ3) is 4.17. The minimum atomic E-state index is -1.13. The fourth-order valence-electron chi connectivity index (χ4n) is 0.953. The van der Waals surface area contributed by atoms with Crippen LogP contribution in [0.4, 0.5) is 0 Å². The number of rotatable bonds is 5. The minimum absolute atomic E-state index is 0.0278. The maximum Gasteiger partial charge on any atom is 0.337 e. The summed E-state index contributed by atoms with van der Waals surface area (Å²) in [6, 6.07) is 3.00. The van der Waals surface area contributed by atoms with Crippen molar-refractivity contribution in [1.82, 2.24) is 10.3 Å². The zero-order valence-electron chi connectivity index (χ0n) is 8.71. The Bertz CT molecular complexity index is 467. The zero-order valence-corrected chi connectivity index (χ0v) is 8.71. The van der Waals surface area contributed by atoms with Gasteiger partial charge in [-0.3, -0.25) is 9.78 Å². The molecule has 0 saturated carbocycles. The minimum Gasteiger partial charge on any atom is -0.482 e. The lowest BCUT2D eigenvalue weighted by Gasteiger charge is -2.05. The van der Waals surface area contributed by atoms with Crippen molar-refractivity contribution in [3.8, 4) is 11.8 Å². The molecule has 0 aliphatic rings. The van der Waals surface area contributed by atoms with Crippen molar-refractivity contribution in [3.63, 3.8) is 0 Å². The van der Waals surface area contributed by atoms with E-state index in [1.807, 2.05) is 0 Å². The van der Waals surface area contributed by atoms with E-state index in [1.165, 1.54) is 18.5 Å². The number of carboxylic acid groups (broad SMARTS) is 1. The van der Waals surface area contributed by atoms with Crippen molar-refractivity contribution in [1.29, 1.82) is 5.26 Å². The van der Waals surface area contributed by atoms with Gasteiger partial charge in [0.15, 0.2) is 6.61 Å². The molecule has 1 aromatic heterocycles. The highest BCUT2D eigenvalue weighted by Gasteiger charge is 2.06. The lowest BCUT2D eigenvalue weighted by atomic mass is 10.3. The molecular formula is C10H9N3O4. The van der Waals surface area contributed by atoms with Crippen LogP contribution in [-0.2, 0) is 4.79 Å². The number of hydrogen-bond donors (Lipinski definition) is 2. The number of aromatic nitrogens is 1. The molecular weight excluding hydrogens is 226 g/mol. The Kier molecular flexibility index (Phi) is 4.45. The molecule has 0 atom stereocenters. The van der Waals surface area contributed by atoms with Crippen LogP contribution in [0.5, 0.6) is 5.75 Å². The largest absolute Gasteiger partial charge is 0.482 e. The number of nitrogens with one attached hydrogen (secondary N) is 1. The van der Waals surface area contributed by atoms with Crippen LogP contribution < -0.4 is 10.1 Å². The molecule has 0 radical (unpaired) electrons. The second-order valence-electron chi connectivity index (χ2n) is 2.94. The summed E-state index contributed by atoms with van der Waals surface area (Å²) in [7, 11) is 0. The average molecular weight is 235 g/mol. The number of aromatic carboxylic acids is 1. The van der Waals surface area contributed by atoms with Crippen molar-refractivity contribution in [2.45, 2.75) is 0 Å². The van der Waals surface area contributed by atoms with Gasteiger partial charge in [0.25, 0.3) is 5.91 Å². The molecule has 2 N–H and O–H groups in total. The van der Waals surface area contributed by atoms with Gasteiger partial charge >= 0.3 is 5.97 Å². The Morgan fingerprint density at radius 3 is 2.94 bits per heavy atom. The molecule has 0 saturated heterocycles. The van der Waals surface area contributed by atoms with Crippen LogP contribution in [0.15, 0.2) is 18.5 Å². The van der Waals surface area contributed by atoms with Crippen molar-refractivity contribution < 1.29 is 19.4 Å². The molecule has 7 heteroatoms. The van der Waals surface area contributed by atoms with Crippen LogP contribution in [0.1, 0.15) is 10.4 Å². The number of ether oxygens (including phenoxy) is 1. The van der Waals surface area contributed by atoms with Crippen molar-refractivity contribution in [2.75, 3.05) is 13.2 Å². The van der Waals surface area contributed by atoms with Gasteiger partial charge < -0.3 is 15.2 Å². The highest BCUT2D eigenvalue weighted by molar-refractivity contribution is 5.87. The number of carbonyl (C=O) groups is 2. The van der Waals surface area contributed by atoms with Crippen LogP contribution in [0.25, 0.3) is 0 Å². The number of nitriles is 1. The van der Waals surface area contributed by atoms with Crippen LogP contribution in [-0.4, -0.2) is 35.1 Å². The van der Waals surface area contributed by atoms with Crippen LogP contribution in [0.2, 0.25) is 0 Å². The first-order chi connectivity index (χ1) is 8.13. The first-order valence-electron chi connectivity index (χ1n) is 4.58. The van der Waals surface area contributed by atoms with Gasteiger partial charge in [-0.15, -0.1) is 0 Å². The summed E-state index contributed by atoms with van der Waals surface area (Å²) in [6.45, 7) is -0.401. The first-order valence-corrected chi connectivity index (χ1v) is 4.58. The molecule has 1 amide bonds. The first kappa shape index (κ1) is 12.4. The number of nitrogens with zero attached hydrogens (tertiary/aromatic N) is 2. The predicted molar refractivity (Wildman–Crippen MR) is 55.3 cm³/mol. The zero-order chi connectivity index (χ0) is 12.7. The quantitative estimate of drug-likeness (QED) is 0.683. The monoisotopic (exact) mass is 235 g/mol. The Balaban J connectivity index is 2.52. The predicted octanol–water partition coefficient (Wildman–Crippen LogP) is -0.202. The van der Waals surface area contributed by atoms with Gasteiger partial charge in [-0.1, -0.05) is 0 Å². The van der Waals surface area contributed by atoms with Gasteiger partial charge in [0.1, 0.15) is 12.3 Å². The van der Waals surface area contributed by atoms with E-state index in [0.29, 0.717) is 0 Å². The van der Waals surface area contributed by atoms with E-state index in [1.54, 1.807) is 6.07 Å². The molecule has 0 unspecified atom stereocenters. The molecule has 0 bridgehead atoms. The summed E-state index contributed by atoms with van der Waals surface area (Å²) in [4.78, 5) is 25.3. The van der Waals surface area contributed by atoms with Gasteiger partial charge in [0.2, 0.25) is 0 Å². The number of carboxylic acids is 1. The Morgan fingerprint density at radius 2 is 2.29 bits per heavy atom. The maximum absolute atomic E-state index is 11.1. The highest BCUT2D eigenvalue weighted by atomic mass is 16.5. The van der Waals surface area contributed by atoms with Crippen molar-refractivity contribution in [2.24, 2.45) is 0 Å². The van der Waals surface area contributed by atoms with Crippen molar-refractivity contribution in [3.05, 3.63) is 24.0 Å². The second-order valence-corrected chi connectivity index (χ2v) is 2.94. The van der Waals surface area contributed by atoms with Gasteiger partial charge in [0.05, 0.1) is 17.8 Å². The molecule has 88 valence electrons. The molecule has 0 aliphatic carbocycles. The maximum atomic E-state index is 11.1. The fourth-order valence-corrected chi connectivity index (χ4v) is 0.953. The standard InChI is InChI=1S/C10H9N3O4/c11-1-2-13-9(14)6-17-8-3-7(10(15)16)4-12-5-8/h3-5H,2,6H2,(H,13,14)(H,15,16). The van der Waals surface area contributed by atoms with E-state index in [0.717, 1.165) is 0 Å². The lowest BCUT2D eigenvalue weighted by Crippen LogP contribution is -2.29. The summed E-state index contributed by atoms with van der Waals surface area (Å²) < 4.78 is 5.01. The van der Waals surface area contributed by atoms with Gasteiger partial charge in [-0.25, -0.2) is 4.79 Å².